The van der Waals surface area contributed by atoms with Crippen LogP contribution in [0.15, 0.2) is 36.4 Å². The minimum Gasteiger partial charge on any atom is -0.490 e. The van der Waals surface area contributed by atoms with Gasteiger partial charge in [0.2, 0.25) is 0 Å². The number of halogens is 1. The molecule has 0 bridgehead atoms. The molecule has 0 fully saturated rings. The number of benzene rings is 2. The van der Waals surface area contributed by atoms with Crippen molar-refractivity contribution >= 4 is 29.5 Å². The van der Waals surface area contributed by atoms with Crippen LogP contribution in [0, 0.1) is 0 Å². The van der Waals surface area contributed by atoms with Crippen molar-refractivity contribution in [3.05, 3.63) is 52.5 Å². The van der Waals surface area contributed by atoms with Crippen molar-refractivity contribution in [2.24, 2.45) is 0 Å². The largest absolute Gasteiger partial charge is 0.490 e. The van der Waals surface area contributed by atoms with E-state index in [9.17, 15) is 9.59 Å². The molecule has 5 nitrogen and oxygen atoms in total. The first kappa shape index (κ1) is 21.8. The number of hydrogen-bond donors (Lipinski definition) is 1. The van der Waals surface area contributed by atoms with E-state index in [1.54, 1.807) is 36.4 Å². The number of anilines is 1. The van der Waals surface area contributed by atoms with Crippen LogP contribution in [0.3, 0.4) is 0 Å². The lowest BCUT2D eigenvalue weighted by atomic mass is 10.1. The third-order valence-electron chi connectivity index (χ3n) is 4.08. The fourth-order valence-corrected chi connectivity index (χ4v) is 2.71. The van der Waals surface area contributed by atoms with E-state index in [0.29, 0.717) is 46.5 Å². The molecule has 1 N–H and O–H groups in total. The lowest BCUT2D eigenvalue weighted by molar-refractivity contribution is 0.102. The van der Waals surface area contributed by atoms with Crippen molar-refractivity contribution in [2.75, 3.05) is 18.5 Å². The zero-order valence-corrected chi connectivity index (χ0v) is 17.1. The van der Waals surface area contributed by atoms with E-state index in [1.165, 1.54) is 0 Å². The Kier molecular flexibility index (Phi) is 8.82. The van der Waals surface area contributed by atoms with Gasteiger partial charge in [0.1, 0.15) is 6.29 Å². The second-order valence-electron chi connectivity index (χ2n) is 6.38. The van der Waals surface area contributed by atoms with Gasteiger partial charge in [0, 0.05) is 16.8 Å². The molecule has 0 saturated heterocycles. The number of nitrogens with one attached hydrogen (secondary N) is 1. The molecule has 0 spiro atoms. The number of aldehydes is 1. The molecule has 0 heterocycles. The quantitative estimate of drug-likeness (QED) is 0.382. The molecule has 0 atom stereocenters. The zero-order valence-electron chi connectivity index (χ0n) is 16.3. The summed E-state index contributed by atoms with van der Waals surface area (Å²) < 4.78 is 11.6. The van der Waals surface area contributed by atoms with Gasteiger partial charge >= 0.3 is 0 Å². The van der Waals surface area contributed by atoms with Crippen LogP contribution in [-0.4, -0.2) is 25.4 Å². The van der Waals surface area contributed by atoms with E-state index in [1.807, 2.05) is 0 Å². The van der Waals surface area contributed by atoms with Gasteiger partial charge in [-0.15, -0.1) is 0 Å². The van der Waals surface area contributed by atoms with Crippen LogP contribution < -0.4 is 14.8 Å². The first-order valence-corrected chi connectivity index (χ1v) is 9.92. The van der Waals surface area contributed by atoms with Crippen molar-refractivity contribution in [2.45, 2.75) is 39.5 Å². The van der Waals surface area contributed by atoms with Gasteiger partial charge in [0.15, 0.2) is 11.5 Å². The van der Waals surface area contributed by atoms with Crippen molar-refractivity contribution in [1.29, 1.82) is 0 Å². The summed E-state index contributed by atoms with van der Waals surface area (Å²) in [6.07, 6.45) is 4.56. The molecule has 150 valence electrons. The molecular weight excluding hydrogens is 378 g/mol. The van der Waals surface area contributed by atoms with Crippen LogP contribution in [0.1, 0.15) is 60.2 Å². The van der Waals surface area contributed by atoms with Gasteiger partial charge in [0.05, 0.1) is 18.2 Å². The maximum Gasteiger partial charge on any atom is 0.255 e. The normalized spacial score (nSPS) is 10.4. The summed E-state index contributed by atoms with van der Waals surface area (Å²) >= 11 is 6.39. The first-order chi connectivity index (χ1) is 13.6. The minimum absolute atomic E-state index is 0.318. The molecule has 2 rings (SSSR count). The Hall–Kier alpha value is -2.53. The van der Waals surface area contributed by atoms with Gasteiger partial charge in [-0.1, -0.05) is 38.3 Å². The van der Waals surface area contributed by atoms with Crippen molar-refractivity contribution in [3.63, 3.8) is 0 Å². The number of hydrogen-bond acceptors (Lipinski definition) is 4. The van der Waals surface area contributed by atoms with Crippen LogP contribution >= 0.6 is 11.6 Å². The van der Waals surface area contributed by atoms with Crippen molar-refractivity contribution in [3.8, 4) is 11.5 Å². The molecule has 0 saturated carbocycles. The van der Waals surface area contributed by atoms with Crippen LogP contribution in [0.25, 0.3) is 0 Å². The average molecular weight is 404 g/mol. The molecular formula is C22H26ClNO4. The second-order valence-corrected chi connectivity index (χ2v) is 6.79. The highest BCUT2D eigenvalue weighted by atomic mass is 35.5. The standard InChI is InChI=1S/C22H26ClNO4/c1-3-5-11-27-20-14-17(13-19(23)21(20)28-12-6-4-2)22(26)24-18-9-7-16(15-25)8-10-18/h7-10,13-15H,3-6,11-12H2,1-2H3,(H,24,26). The van der Waals surface area contributed by atoms with Gasteiger partial charge in [-0.05, 0) is 49.2 Å². The SMILES string of the molecule is CCCCOc1cc(C(=O)Nc2ccc(C=O)cc2)cc(Cl)c1OCCCC. The topological polar surface area (TPSA) is 64.6 Å². The second kappa shape index (κ2) is 11.3. The summed E-state index contributed by atoms with van der Waals surface area (Å²) in [6, 6.07) is 9.84. The summed E-state index contributed by atoms with van der Waals surface area (Å²) in [7, 11) is 0. The number of unbranched alkanes of at least 4 members (excludes halogenated alkanes) is 2. The van der Waals surface area contributed by atoms with E-state index in [0.717, 1.165) is 32.0 Å². The number of carbonyl (C=O) groups is 2. The number of carbonyl (C=O) groups excluding carboxylic acids is 2. The zero-order chi connectivity index (χ0) is 20.4. The predicted octanol–water partition coefficient (Wildman–Crippen LogP) is 5.76. The van der Waals surface area contributed by atoms with Crippen LogP contribution in [-0.2, 0) is 0 Å². The smallest absolute Gasteiger partial charge is 0.255 e. The van der Waals surface area contributed by atoms with Crippen molar-refractivity contribution < 1.29 is 19.1 Å². The van der Waals surface area contributed by atoms with E-state index in [-0.39, 0.29) is 5.91 Å². The van der Waals surface area contributed by atoms with E-state index in [2.05, 4.69) is 19.2 Å². The molecule has 0 radical (unpaired) electrons. The monoisotopic (exact) mass is 403 g/mol. The average Bonchev–Trinajstić information content (AvgIpc) is 2.70. The highest BCUT2D eigenvalue weighted by Gasteiger charge is 2.17. The Bertz CT molecular complexity index is 790. The number of rotatable bonds is 11. The summed E-state index contributed by atoms with van der Waals surface area (Å²) in [5, 5.41) is 3.13. The fourth-order valence-electron chi connectivity index (χ4n) is 2.44. The van der Waals surface area contributed by atoms with Gasteiger partial charge in [-0.2, -0.15) is 0 Å². The van der Waals surface area contributed by atoms with Crippen molar-refractivity contribution in [1.82, 2.24) is 0 Å². The minimum atomic E-state index is -0.318. The highest BCUT2D eigenvalue weighted by Crippen LogP contribution is 2.37. The molecule has 0 unspecified atom stereocenters. The summed E-state index contributed by atoms with van der Waals surface area (Å²) in [5.74, 6) is 0.623. The Labute approximate surface area is 171 Å². The molecule has 28 heavy (non-hydrogen) atoms. The Balaban J connectivity index is 2.21. The molecule has 2 aromatic rings. The molecule has 0 aliphatic carbocycles. The number of ether oxygens (including phenoxy) is 2. The van der Waals surface area contributed by atoms with Gasteiger partial charge in [0.25, 0.3) is 5.91 Å². The Morgan fingerprint density at radius 1 is 1.04 bits per heavy atom. The molecule has 0 aliphatic heterocycles. The van der Waals surface area contributed by atoms with E-state index >= 15 is 0 Å². The molecule has 0 aliphatic rings. The van der Waals surface area contributed by atoms with Gasteiger partial charge < -0.3 is 14.8 Å². The summed E-state index contributed by atoms with van der Waals surface area (Å²) in [6.45, 7) is 5.22. The molecule has 0 aromatic heterocycles. The molecule has 1 amide bonds. The maximum absolute atomic E-state index is 12.6. The van der Waals surface area contributed by atoms with E-state index < -0.39 is 0 Å². The lowest BCUT2D eigenvalue weighted by Crippen LogP contribution is -2.13. The van der Waals surface area contributed by atoms with Crippen LogP contribution in [0.5, 0.6) is 11.5 Å². The van der Waals surface area contributed by atoms with E-state index in [4.69, 9.17) is 21.1 Å². The predicted molar refractivity (Wildman–Crippen MR) is 112 cm³/mol. The Morgan fingerprint density at radius 3 is 2.29 bits per heavy atom. The fraction of sp³-hybridized carbons (Fsp3) is 0.364. The maximum atomic E-state index is 12.6. The summed E-state index contributed by atoms with van der Waals surface area (Å²) in [5.41, 5.74) is 1.50. The lowest BCUT2D eigenvalue weighted by Gasteiger charge is -2.16. The Morgan fingerprint density at radius 2 is 1.68 bits per heavy atom. The third-order valence-corrected chi connectivity index (χ3v) is 4.36. The first-order valence-electron chi connectivity index (χ1n) is 9.54. The van der Waals surface area contributed by atoms with Gasteiger partial charge in [-0.3, -0.25) is 9.59 Å². The number of amides is 1. The summed E-state index contributed by atoms with van der Waals surface area (Å²) in [4.78, 5) is 23.4. The highest BCUT2D eigenvalue weighted by molar-refractivity contribution is 6.32. The van der Waals surface area contributed by atoms with Crippen LogP contribution in [0.2, 0.25) is 5.02 Å². The van der Waals surface area contributed by atoms with Gasteiger partial charge in [-0.25, -0.2) is 0 Å². The molecule has 2 aromatic carbocycles. The molecule has 6 heteroatoms. The van der Waals surface area contributed by atoms with Crippen LogP contribution in [0.4, 0.5) is 5.69 Å². The third kappa shape index (κ3) is 6.27.